The van der Waals surface area contributed by atoms with E-state index >= 15 is 0 Å². The molecule has 7 heteroatoms. The molecule has 0 radical (unpaired) electrons. The van der Waals surface area contributed by atoms with Crippen LogP contribution in [0.4, 0.5) is 5.69 Å². The highest BCUT2D eigenvalue weighted by atomic mass is 35.5. The molecule has 3 rings (SSSR count). The molecular formula is C16H20ClN5O. The van der Waals surface area contributed by atoms with Gasteiger partial charge in [0.15, 0.2) is 0 Å². The number of hydrogen-bond donors (Lipinski definition) is 2. The predicted molar refractivity (Wildman–Crippen MR) is 89.7 cm³/mol. The molecule has 1 aromatic heterocycles. The fourth-order valence-electron chi connectivity index (χ4n) is 2.83. The first-order valence-corrected chi connectivity index (χ1v) is 8.11. The van der Waals surface area contributed by atoms with Crippen molar-refractivity contribution in [2.24, 2.45) is 0 Å². The number of fused-ring (bicyclic) bond motifs is 1. The fraction of sp³-hybridized carbons (Fsp3) is 0.438. The summed E-state index contributed by atoms with van der Waals surface area (Å²) in [6, 6.07) is 5.43. The maximum atomic E-state index is 12.2. The summed E-state index contributed by atoms with van der Waals surface area (Å²) in [4.78, 5) is 16.5. The van der Waals surface area contributed by atoms with Crippen molar-refractivity contribution < 1.29 is 4.79 Å². The van der Waals surface area contributed by atoms with Gasteiger partial charge in [-0.25, -0.2) is 4.98 Å². The van der Waals surface area contributed by atoms with E-state index in [1.165, 1.54) is 0 Å². The summed E-state index contributed by atoms with van der Waals surface area (Å²) in [6.07, 6.45) is 1.49. The van der Waals surface area contributed by atoms with Gasteiger partial charge in [0.2, 0.25) is 5.91 Å². The molecule has 0 saturated heterocycles. The van der Waals surface area contributed by atoms with Crippen molar-refractivity contribution in [2.45, 2.75) is 39.3 Å². The van der Waals surface area contributed by atoms with Crippen LogP contribution in [0, 0.1) is 13.8 Å². The minimum atomic E-state index is -0.223. The van der Waals surface area contributed by atoms with Crippen LogP contribution in [0.5, 0.6) is 0 Å². The van der Waals surface area contributed by atoms with E-state index < -0.39 is 0 Å². The number of benzene rings is 1. The van der Waals surface area contributed by atoms with Crippen LogP contribution in [0.2, 0.25) is 5.02 Å². The van der Waals surface area contributed by atoms with Gasteiger partial charge < -0.3 is 10.6 Å². The molecule has 0 spiro atoms. The quantitative estimate of drug-likeness (QED) is 0.822. The predicted octanol–water partition coefficient (Wildman–Crippen LogP) is 2.09. The van der Waals surface area contributed by atoms with Crippen LogP contribution in [0.3, 0.4) is 0 Å². The number of nitrogens with one attached hydrogen (secondary N) is 2. The smallest absolute Gasteiger partial charge is 0.242 e. The highest BCUT2D eigenvalue weighted by Gasteiger charge is 2.26. The average Bonchev–Trinajstić information content (AvgIpc) is 3.06. The Balaban J connectivity index is 1.45. The zero-order chi connectivity index (χ0) is 16.4. The fourth-order valence-corrected chi connectivity index (χ4v) is 3.02. The van der Waals surface area contributed by atoms with Gasteiger partial charge in [0, 0.05) is 30.2 Å². The maximum absolute atomic E-state index is 12.2. The Morgan fingerprint density at radius 1 is 1.48 bits per heavy atom. The van der Waals surface area contributed by atoms with Crippen molar-refractivity contribution in [3.05, 3.63) is 40.4 Å². The summed E-state index contributed by atoms with van der Waals surface area (Å²) in [5.41, 5.74) is 2.08. The summed E-state index contributed by atoms with van der Waals surface area (Å²) in [5, 5.41) is 11.2. The number of nitrogens with zero attached hydrogens (tertiary/aromatic N) is 3. The third-order valence-corrected chi connectivity index (χ3v) is 4.18. The van der Waals surface area contributed by atoms with Gasteiger partial charge in [-0.3, -0.25) is 9.48 Å². The van der Waals surface area contributed by atoms with E-state index in [0.717, 1.165) is 35.9 Å². The minimum absolute atomic E-state index is 0.0174. The van der Waals surface area contributed by atoms with Crippen molar-refractivity contribution in [1.29, 1.82) is 0 Å². The first kappa shape index (κ1) is 15.8. The van der Waals surface area contributed by atoms with Crippen molar-refractivity contribution >= 4 is 23.2 Å². The molecule has 23 heavy (non-hydrogen) atoms. The average molecular weight is 334 g/mol. The largest absolute Gasteiger partial charge is 0.373 e. The molecule has 0 bridgehead atoms. The second-order valence-electron chi connectivity index (χ2n) is 5.78. The number of amides is 1. The Morgan fingerprint density at radius 3 is 3.04 bits per heavy atom. The molecule has 1 atom stereocenters. The zero-order valence-electron chi connectivity index (χ0n) is 13.3. The Kier molecular flexibility index (Phi) is 4.52. The van der Waals surface area contributed by atoms with Crippen LogP contribution in [-0.2, 0) is 17.8 Å². The maximum Gasteiger partial charge on any atom is 0.242 e. The van der Waals surface area contributed by atoms with Gasteiger partial charge in [0.05, 0.1) is 0 Å². The van der Waals surface area contributed by atoms with Crippen LogP contribution < -0.4 is 10.6 Å². The SMILES string of the molecule is Cc1nc(C)n(CCCNC(=O)[C@H]2Cc3cc(Cl)ccc3N2)n1. The molecule has 1 aliphatic heterocycles. The first-order valence-electron chi connectivity index (χ1n) is 7.73. The summed E-state index contributed by atoms with van der Waals surface area (Å²) in [7, 11) is 0. The molecule has 1 aromatic carbocycles. The van der Waals surface area contributed by atoms with Crippen LogP contribution in [0.15, 0.2) is 18.2 Å². The third kappa shape index (κ3) is 3.64. The zero-order valence-corrected chi connectivity index (χ0v) is 14.0. The summed E-state index contributed by atoms with van der Waals surface area (Å²) in [5.74, 6) is 1.69. The standard InChI is InChI=1S/C16H20ClN5O/c1-10-19-11(2)22(21-10)7-3-6-18-16(23)15-9-12-8-13(17)4-5-14(12)20-15/h4-5,8,15,20H,3,6-7,9H2,1-2H3,(H,18,23)/t15-/m1/s1. The highest BCUT2D eigenvalue weighted by molar-refractivity contribution is 6.30. The van der Waals surface area contributed by atoms with Crippen molar-refractivity contribution in [2.75, 3.05) is 11.9 Å². The van der Waals surface area contributed by atoms with E-state index in [1.54, 1.807) is 0 Å². The van der Waals surface area contributed by atoms with E-state index in [9.17, 15) is 4.79 Å². The number of aromatic nitrogens is 3. The third-order valence-electron chi connectivity index (χ3n) is 3.95. The van der Waals surface area contributed by atoms with E-state index in [1.807, 2.05) is 36.7 Å². The first-order chi connectivity index (χ1) is 11.0. The number of carbonyl (C=O) groups is 1. The lowest BCUT2D eigenvalue weighted by Crippen LogP contribution is -2.39. The second-order valence-corrected chi connectivity index (χ2v) is 6.21. The van der Waals surface area contributed by atoms with Crippen molar-refractivity contribution in [3.63, 3.8) is 0 Å². The van der Waals surface area contributed by atoms with Crippen molar-refractivity contribution in [1.82, 2.24) is 20.1 Å². The minimum Gasteiger partial charge on any atom is -0.373 e. The van der Waals surface area contributed by atoms with Crippen LogP contribution in [0.25, 0.3) is 0 Å². The molecule has 2 N–H and O–H groups in total. The van der Waals surface area contributed by atoms with Gasteiger partial charge in [-0.15, -0.1) is 0 Å². The Labute approximate surface area is 140 Å². The molecule has 0 saturated carbocycles. The molecule has 6 nitrogen and oxygen atoms in total. The molecule has 1 aliphatic rings. The molecule has 1 amide bonds. The number of anilines is 1. The van der Waals surface area contributed by atoms with E-state index in [4.69, 9.17) is 11.6 Å². The monoisotopic (exact) mass is 333 g/mol. The summed E-state index contributed by atoms with van der Waals surface area (Å²) >= 11 is 5.98. The Morgan fingerprint density at radius 2 is 2.30 bits per heavy atom. The molecule has 2 heterocycles. The Bertz CT molecular complexity index is 727. The molecule has 0 unspecified atom stereocenters. The molecule has 122 valence electrons. The molecule has 0 fully saturated rings. The summed E-state index contributed by atoms with van der Waals surface area (Å²) < 4.78 is 1.87. The van der Waals surface area contributed by atoms with Gasteiger partial charge in [0.25, 0.3) is 0 Å². The normalized spacial score (nSPS) is 16.0. The molecule has 2 aromatic rings. The van der Waals surface area contributed by atoms with Crippen molar-refractivity contribution in [3.8, 4) is 0 Å². The van der Waals surface area contributed by atoms with Crippen LogP contribution in [-0.4, -0.2) is 33.3 Å². The Hall–Kier alpha value is -2.08. The van der Waals surface area contributed by atoms with E-state index in [0.29, 0.717) is 18.0 Å². The van der Waals surface area contributed by atoms with Crippen LogP contribution >= 0.6 is 11.6 Å². The lowest BCUT2D eigenvalue weighted by molar-refractivity contribution is -0.121. The van der Waals surface area contributed by atoms with E-state index in [-0.39, 0.29) is 11.9 Å². The number of halogens is 1. The highest BCUT2D eigenvalue weighted by Crippen LogP contribution is 2.28. The van der Waals surface area contributed by atoms with Gasteiger partial charge >= 0.3 is 0 Å². The summed E-state index contributed by atoms with van der Waals surface area (Å²) in [6.45, 7) is 5.18. The van der Waals surface area contributed by atoms with Gasteiger partial charge in [-0.2, -0.15) is 5.10 Å². The number of aryl methyl sites for hydroxylation is 3. The van der Waals surface area contributed by atoms with Gasteiger partial charge in [-0.1, -0.05) is 11.6 Å². The number of carbonyl (C=O) groups excluding carboxylic acids is 1. The van der Waals surface area contributed by atoms with Gasteiger partial charge in [0.1, 0.15) is 17.7 Å². The number of hydrogen-bond acceptors (Lipinski definition) is 4. The topological polar surface area (TPSA) is 71.8 Å². The number of rotatable bonds is 5. The lowest BCUT2D eigenvalue weighted by Gasteiger charge is -2.12. The molecule has 0 aliphatic carbocycles. The second kappa shape index (κ2) is 6.58. The van der Waals surface area contributed by atoms with Gasteiger partial charge in [-0.05, 0) is 44.0 Å². The lowest BCUT2D eigenvalue weighted by atomic mass is 10.1. The van der Waals surface area contributed by atoms with Crippen LogP contribution in [0.1, 0.15) is 23.6 Å². The molecular weight excluding hydrogens is 314 g/mol. The van der Waals surface area contributed by atoms with E-state index in [2.05, 4.69) is 20.7 Å².